The number of hydrogen-bond donors (Lipinski definition) is 2. The lowest BCUT2D eigenvalue weighted by atomic mass is 10.3. The van der Waals surface area contributed by atoms with E-state index in [-0.39, 0.29) is 0 Å². The Labute approximate surface area is 106 Å². The number of nitrogens with one attached hydrogen (secondary N) is 1. The van der Waals surface area contributed by atoms with Gasteiger partial charge in [-0.3, -0.25) is 0 Å². The maximum Gasteiger partial charge on any atom is 0.239 e. The van der Waals surface area contributed by atoms with Gasteiger partial charge < -0.3 is 20.2 Å². The molecule has 0 saturated carbocycles. The summed E-state index contributed by atoms with van der Waals surface area (Å²) in [5.41, 5.74) is 6.30. The Kier molecular flexibility index (Phi) is 4.06. The van der Waals surface area contributed by atoms with Crippen LogP contribution in [0.4, 0.5) is 11.5 Å². The van der Waals surface area contributed by atoms with Crippen LogP contribution in [0.25, 0.3) is 0 Å². The van der Waals surface area contributed by atoms with Gasteiger partial charge in [-0.15, -0.1) is 0 Å². The molecule has 0 aliphatic carbocycles. The minimum atomic E-state index is 0.473. The Morgan fingerprint density at radius 2 is 2.28 bits per heavy atom. The number of furan rings is 1. The fourth-order valence-corrected chi connectivity index (χ4v) is 1.57. The SMILES string of the molecule is CCOc1nc(NCCc2ccco2)ccc1N. The molecule has 0 saturated heterocycles. The predicted molar refractivity (Wildman–Crippen MR) is 70.7 cm³/mol. The number of nitrogens with zero attached hydrogens (tertiary/aromatic N) is 1. The molecule has 0 aliphatic heterocycles. The van der Waals surface area contributed by atoms with Crippen LogP contribution in [0.5, 0.6) is 5.88 Å². The van der Waals surface area contributed by atoms with E-state index in [1.165, 1.54) is 0 Å². The second kappa shape index (κ2) is 5.95. The third-order valence-corrected chi connectivity index (χ3v) is 2.43. The van der Waals surface area contributed by atoms with Crippen LogP contribution in [0.15, 0.2) is 34.9 Å². The second-order valence-corrected chi connectivity index (χ2v) is 3.78. The van der Waals surface area contributed by atoms with E-state index in [2.05, 4.69) is 10.3 Å². The molecule has 96 valence electrons. The zero-order valence-electron chi connectivity index (χ0n) is 10.3. The van der Waals surface area contributed by atoms with Crippen molar-refractivity contribution in [2.24, 2.45) is 0 Å². The number of ether oxygens (including phenoxy) is 1. The first-order valence-electron chi connectivity index (χ1n) is 5.95. The van der Waals surface area contributed by atoms with E-state index >= 15 is 0 Å². The van der Waals surface area contributed by atoms with Crippen molar-refractivity contribution in [3.8, 4) is 5.88 Å². The topological polar surface area (TPSA) is 73.3 Å². The first-order chi connectivity index (χ1) is 8.79. The number of hydrogen-bond acceptors (Lipinski definition) is 5. The third-order valence-electron chi connectivity index (χ3n) is 2.43. The summed E-state index contributed by atoms with van der Waals surface area (Å²) in [7, 11) is 0. The van der Waals surface area contributed by atoms with Gasteiger partial charge in [0.2, 0.25) is 5.88 Å². The summed E-state index contributed by atoms with van der Waals surface area (Å²) in [5.74, 6) is 2.17. The normalized spacial score (nSPS) is 10.3. The molecule has 2 rings (SSSR count). The molecule has 0 fully saturated rings. The zero-order valence-corrected chi connectivity index (χ0v) is 10.3. The first-order valence-corrected chi connectivity index (χ1v) is 5.95. The van der Waals surface area contributed by atoms with Crippen molar-refractivity contribution in [3.05, 3.63) is 36.3 Å². The van der Waals surface area contributed by atoms with Gasteiger partial charge >= 0.3 is 0 Å². The van der Waals surface area contributed by atoms with E-state index in [1.54, 1.807) is 12.3 Å². The van der Waals surface area contributed by atoms with Crippen LogP contribution in [0.1, 0.15) is 12.7 Å². The largest absolute Gasteiger partial charge is 0.476 e. The number of pyridine rings is 1. The predicted octanol–water partition coefficient (Wildman–Crippen LogP) is 2.31. The van der Waals surface area contributed by atoms with E-state index in [4.69, 9.17) is 14.9 Å². The molecule has 18 heavy (non-hydrogen) atoms. The highest BCUT2D eigenvalue weighted by molar-refractivity contribution is 5.53. The number of rotatable bonds is 6. The lowest BCUT2D eigenvalue weighted by Gasteiger charge is -2.09. The van der Waals surface area contributed by atoms with Crippen LogP contribution in [-0.4, -0.2) is 18.1 Å². The van der Waals surface area contributed by atoms with Crippen LogP contribution in [0.2, 0.25) is 0 Å². The van der Waals surface area contributed by atoms with Crippen molar-refractivity contribution in [3.63, 3.8) is 0 Å². The fraction of sp³-hybridized carbons (Fsp3) is 0.308. The minimum Gasteiger partial charge on any atom is -0.476 e. The number of nitrogens with two attached hydrogens (primary N) is 1. The molecule has 0 radical (unpaired) electrons. The van der Waals surface area contributed by atoms with Crippen LogP contribution < -0.4 is 15.8 Å². The van der Waals surface area contributed by atoms with Gasteiger partial charge in [-0.1, -0.05) is 0 Å². The van der Waals surface area contributed by atoms with Crippen LogP contribution in [0, 0.1) is 0 Å². The van der Waals surface area contributed by atoms with Crippen molar-refractivity contribution in [2.45, 2.75) is 13.3 Å². The standard InChI is InChI=1S/C13H17N3O2/c1-2-17-13-11(14)5-6-12(16-13)15-8-7-10-4-3-9-18-10/h3-6,9H,2,7-8,14H2,1H3,(H,15,16). The monoisotopic (exact) mass is 247 g/mol. The highest BCUT2D eigenvalue weighted by Crippen LogP contribution is 2.20. The molecule has 3 N–H and O–H groups in total. The van der Waals surface area contributed by atoms with Gasteiger partial charge in [0, 0.05) is 13.0 Å². The second-order valence-electron chi connectivity index (χ2n) is 3.78. The van der Waals surface area contributed by atoms with Crippen LogP contribution >= 0.6 is 0 Å². The molecule has 5 nitrogen and oxygen atoms in total. The Hall–Kier alpha value is -2.17. The molecular weight excluding hydrogens is 230 g/mol. The summed E-state index contributed by atoms with van der Waals surface area (Å²) in [6.07, 6.45) is 2.48. The molecular formula is C13H17N3O2. The van der Waals surface area contributed by atoms with Gasteiger partial charge in [0.15, 0.2) is 0 Å². The molecule has 0 aliphatic rings. The summed E-state index contributed by atoms with van der Waals surface area (Å²) in [6, 6.07) is 7.45. The summed E-state index contributed by atoms with van der Waals surface area (Å²) in [5, 5.41) is 3.20. The summed E-state index contributed by atoms with van der Waals surface area (Å²) >= 11 is 0. The van der Waals surface area contributed by atoms with E-state index in [0.717, 1.165) is 24.5 Å². The summed E-state index contributed by atoms with van der Waals surface area (Å²) in [6.45, 7) is 3.20. The average molecular weight is 247 g/mol. The van der Waals surface area contributed by atoms with E-state index < -0.39 is 0 Å². The molecule has 0 unspecified atom stereocenters. The molecule has 2 aromatic heterocycles. The van der Waals surface area contributed by atoms with Crippen molar-refractivity contribution < 1.29 is 9.15 Å². The van der Waals surface area contributed by atoms with Gasteiger partial charge in [-0.05, 0) is 31.2 Å². The molecule has 0 spiro atoms. The van der Waals surface area contributed by atoms with Crippen molar-refractivity contribution in [1.82, 2.24) is 4.98 Å². The molecule has 0 bridgehead atoms. The number of nitrogen functional groups attached to an aromatic ring is 1. The summed E-state index contributed by atoms with van der Waals surface area (Å²) < 4.78 is 10.6. The molecule has 2 heterocycles. The Balaban J connectivity index is 1.90. The molecule has 5 heteroatoms. The van der Waals surface area contributed by atoms with Crippen molar-refractivity contribution in [1.29, 1.82) is 0 Å². The fourth-order valence-electron chi connectivity index (χ4n) is 1.57. The minimum absolute atomic E-state index is 0.473. The molecule has 0 amide bonds. The van der Waals surface area contributed by atoms with Gasteiger partial charge in [-0.2, -0.15) is 4.98 Å². The van der Waals surface area contributed by atoms with Crippen LogP contribution in [0.3, 0.4) is 0 Å². The lowest BCUT2D eigenvalue weighted by Crippen LogP contribution is -2.07. The smallest absolute Gasteiger partial charge is 0.239 e. The average Bonchev–Trinajstić information content (AvgIpc) is 2.87. The van der Waals surface area contributed by atoms with Gasteiger partial charge in [-0.25, -0.2) is 0 Å². The quantitative estimate of drug-likeness (QED) is 0.819. The van der Waals surface area contributed by atoms with Gasteiger partial charge in [0.05, 0.1) is 18.6 Å². The number of anilines is 2. The van der Waals surface area contributed by atoms with Gasteiger partial charge in [0.25, 0.3) is 0 Å². The summed E-state index contributed by atoms with van der Waals surface area (Å²) in [4.78, 5) is 4.29. The van der Waals surface area contributed by atoms with Crippen molar-refractivity contribution >= 4 is 11.5 Å². The third kappa shape index (κ3) is 3.16. The Morgan fingerprint density at radius 1 is 1.39 bits per heavy atom. The van der Waals surface area contributed by atoms with E-state index in [0.29, 0.717) is 18.2 Å². The molecule has 2 aromatic rings. The first kappa shape index (κ1) is 12.3. The molecule has 0 aromatic carbocycles. The van der Waals surface area contributed by atoms with E-state index in [9.17, 15) is 0 Å². The lowest BCUT2D eigenvalue weighted by molar-refractivity contribution is 0.329. The van der Waals surface area contributed by atoms with Gasteiger partial charge in [0.1, 0.15) is 11.6 Å². The maximum atomic E-state index is 5.75. The highest BCUT2D eigenvalue weighted by Gasteiger charge is 2.03. The number of aromatic nitrogens is 1. The maximum absolute atomic E-state index is 5.75. The van der Waals surface area contributed by atoms with E-state index in [1.807, 2.05) is 25.1 Å². The Bertz CT molecular complexity index is 483. The van der Waals surface area contributed by atoms with Crippen LogP contribution in [-0.2, 0) is 6.42 Å². The van der Waals surface area contributed by atoms with Crippen molar-refractivity contribution in [2.75, 3.05) is 24.2 Å². The Morgan fingerprint density at radius 3 is 3.00 bits per heavy atom. The zero-order chi connectivity index (χ0) is 12.8. The highest BCUT2D eigenvalue weighted by atomic mass is 16.5. The molecule has 0 atom stereocenters.